The van der Waals surface area contributed by atoms with Crippen LogP contribution in [0.4, 0.5) is 0 Å². The van der Waals surface area contributed by atoms with Crippen LogP contribution in [0.25, 0.3) is 0 Å². The van der Waals surface area contributed by atoms with E-state index in [0.29, 0.717) is 0 Å². The molecule has 0 aromatic heterocycles. The van der Waals surface area contributed by atoms with Gasteiger partial charge in [0.25, 0.3) is 0 Å². The van der Waals surface area contributed by atoms with Gasteiger partial charge in [-0.2, -0.15) is 10.5 Å². The van der Waals surface area contributed by atoms with Crippen LogP contribution >= 0.6 is 0 Å². The number of carbonyl (C=O) groups excluding carboxylic acids is 2. The third kappa shape index (κ3) is 4.54. The van der Waals surface area contributed by atoms with Crippen LogP contribution in [0.5, 0.6) is 0 Å². The fourth-order valence-electron chi connectivity index (χ4n) is 0.728. The molecule has 0 saturated heterocycles. The molecule has 0 saturated carbocycles. The summed E-state index contributed by atoms with van der Waals surface area (Å²) >= 11 is 0. The smallest absolute Gasteiger partial charge is 0.231 e. The highest BCUT2D eigenvalue weighted by molar-refractivity contribution is 5.96. The van der Waals surface area contributed by atoms with E-state index in [4.69, 9.17) is 10.5 Å². The van der Waals surface area contributed by atoms with Crippen molar-refractivity contribution >= 4 is 11.7 Å². The van der Waals surface area contributed by atoms with Crippen molar-refractivity contribution in [2.24, 2.45) is 0 Å². The number of nitriles is 2. The van der Waals surface area contributed by atoms with Crippen LogP contribution < -0.4 is 0 Å². The Morgan fingerprint density at radius 1 is 1.23 bits per heavy atom. The van der Waals surface area contributed by atoms with Gasteiger partial charge in [-0.3, -0.25) is 9.59 Å². The van der Waals surface area contributed by atoms with E-state index < -0.39 is 5.91 Å². The molecule has 0 bridgehead atoms. The zero-order chi connectivity index (χ0) is 10.3. The first-order chi connectivity index (χ1) is 6.11. The Hall–Kier alpha value is -1.88. The maximum Gasteiger partial charge on any atom is 0.231 e. The van der Waals surface area contributed by atoms with Crippen LogP contribution in [0.2, 0.25) is 0 Å². The fourth-order valence-corrected chi connectivity index (χ4v) is 0.728. The SMILES string of the molecule is CC(=O)CC(=O)N(CC#N)CC#N. The van der Waals surface area contributed by atoms with Gasteiger partial charge in [0.1, 0.15) is 18.9 Å². The number of hydrogen-bond acceptors (Lipinski definition) is 4. The van der Waals surface area contributed by atoms with Crippen molar-refractivity contribution in [3.05, 3.63) is 0 Å². The van der Waals surface area contributed by atoms with Crippen molar-refractivity contribution in [3.63, 3.8) is 0 Å². The molecule has 0 unspecified atom stereocenters. The quantitative estimate of drug-likeness (QED) is 0.443. The summed E-state index contributed by atoms with van der Waals surface area (Å²) in [6, 6.07) is 3.50. The Bertz CT molecular complexity index is 269. The Morgan fingerprint density at radius 3 is 2.00 bits per heavy atom. The lowest BCUT2D eigenvalue weighted by Gasteiger charge is -2.14. The van der Waals surface area contributed by atoms with Crippen molar-refractivity contribution < 1.29 is 9.59 Å². The van der Waals surface area contributed by atoms with Crippen LogP contribution in [-0.2, 0) is 9.59 Å². The van der Waals surface area contributed by atoms with E-state index in [1.807, 2.05) is 0 Å². The molecule has 68 valence electrons. The molecule has 0 aliphatic carbocycles. The van der Waals surface area contributed by atoms with Crippen LogP contribution in [0, 0.1) is 22.7 Å². The summed E-state index contributed by atoms with van der Waals surface area (Å²) in [5.41, 5.74) is 0. The van der Waals surface area contributed by atoms with Crippen molar-refractivity contribution in [2.75, 3.05) is 13.1 Å². The number of ketones is 1. The molecule has 13 heavy (non-hydrogen) atoms. The van der Waals surface area contributed by atoms with Gasteiger partial charge < -0.3 is 4.90 Å². The average molecular weight is 179 g/mol. The summed E-state index contributed by atoms with van der Waals surface area (Å²) < 4.78 is 0. The molecule has 0 aromatic carbocycles. The Balaban J connectivity index is 4.22. The minimum Gasteiger partial charge on any atom is -0.316 e. The van der Waals surface area contributed by atoms with Crippen LogP contribution in [-0.4, -0.2) is 29.7 Å². The fraction of sp³-hybridized carbons (Fsp3) is 0.500. The summed E-state index contributed by atoms with van der Waals surface area (Å²) in [4.78, 5) is 22.7. The van der Waals surface area contributed by atoms with E-state index in [-0.39, 0.29) is 25.3 Å². The van der Waals surface area contributed by atoms with Gasteiger partial charge in [0.2, 0.25) is 5.91 Å². The molecule has 0 fully saturated rings. The number of hydrogen-bond donors (Lipinski definition) is 0. The highest BCUT2D eigenvalue weighted by Crippen LogP contribution is 1.94. The minimum absolute atomic E-state index is 0.153. The van der Waals surface area contributed by atoms with Gasteiger partial charge in [0, 0.05) is 0 Å². The Labute approximate surface area is 76.2 Å². The van der Waals surface area contributed by atoms with Crippen molar-refractivity contribution in [2.45, 2.75) is 13.3 Å². The zero-order valence-corrected chi connectivity index (χ0v) is 7.28. The first-order valence-corrected chi connectivity index (χ1v) is 3.63. The predicted octanol–water partition coefficient (Wildman–Crippen LogP) is -0.159. The van der Waals surface area contributed by atoms with Gasteiger partial charge in [-0.05, 0) is 6.92 Å². The van der Waals surface area contributed by atoms with Crippen LogP contribution in [0.1, 0.15) is 13.3 Å². The maximum absolute atomic E-state index is 11.1. The third-order valence-electron chi connectivity index (χ3n) is 1.28. The standard InChI is InChI=1S/C8H9N3O2/c1-7(12)6-8(13)11(4-2-9)5-3-10/h4-6H2,1H3. The number of nitrogens with zero attached hydrogens (tertiary/aromatic N) is 3. The van der Waals surface area contributed by atoms with E-state index in [1.54, 1.807) is 12.1 Å². The van der Waals surface area contributed by atoms with Gasteiger partial charge in [0.05, 0.1) is 18.6 Å². The first-order valence-electron chi connectivity index (χ1n) is 3.63. The molecule has 0 radical (unpaired) electrons. The van der Waals surface area contributed by atoms with Gasteiger partial charge in [-0.15, -0.1) is 0 Å². The van der Waals surface area contributed by atoms with Gasteiger partial charge >= 0.3 is 0 Å². The summed E-state index contributed by atoms with van der Waals surface area (Å²) in [5.74, 6) is -0.749. The average Bonchev–Trinajstić information content (AvgIpc) is 2.02. The predicted molar refractivity (Wildman–Crippen MR) is 43.1 cm³/mol. The van der Waals surface area contributed by atoms with Crippen molar-refractivity contribution in [1.82, 2.24) is 4.90 Å². The number of rotatable bonds is 4. The second-order valence-corrected chi connectivity index (χ2v) is 2.44. The first kappa shape index (κ1) is 11.1. The molecule has 1 amide bonds. The van der Waals surface area contributed by atoms with Crippen molar-refractivity contribution in [3.8, 4) is 12.1 Å². The van der Waals surface area contributed by atoms with Gasteiger partial charge in [-0.25, -0.2) is 0 Å². The molecule has 0 aliphatic rings. The van der Waals surface area contributed by atoms with E-state index >= 15 is 0 Å². The Kier molecular flexibility index (Phi) is 4.90. The molecular weight excluding hydrogens is 170 g/mol. The topological polar surface area (TPSA) is 85.0 Å². The zero-order valence-electron chi connectivity index (χ0n) is 7.28. The molecular formula is C8H9N3O2. The van der Waals surface area contributed by atoms with E-state index in [9.17, 15) is 9.59 Å². The highest BCUT2D eigenvalue weighted by atomic mass is 16.2. The molecule has 0 aromatic rings. The minimum atomic E-state index is -0.476. The summed E-state index contributed by atoms with van der Waals surface area (Å²) in [5, 5.41) is 16.6. The molecule has 0 heterocycles. The van der Waals surface area contributed by atoms with E-state index in [0.717, 1.165) is 4.90 Å². The second-order valence-electron chi connectivity index (χ2n) is 2.44. The van der Waals surface area contributed by atoms with Crippen LogP contribution in [0.15, 0.2) is 0 Å². The monoisotopic (exact) mass is 179 g/mol. The molecule has 0 aliphatic heterocycles. The molecule has 0 spiro atoms. The summed E-state index contributed by atoms with van der Waals surface area (Å²) in [6.07, 6.45) is -0.247. The molecule has 5 heteroatoms. The van der Waals surface area contributed by atoms with Gasteiger partial charge in [-0.1, -0.05) is 0 Å². The van der Waals surface area contributed by atoms with Gasteiger partial charge in [0.15, 0.2) is 0 Å². The lowest BCUT2D eigenvalue weighted by molar-refractivity contribution is -0.133. The van der Waals surface area contributed by atoms with Crippen LogP contribution in [0.3, 0.4) is 0 Å². The number of carbonyl (C=O) groups is 2. The molecule has 5 nitrogen and oxygen atoms in total. The third-order valence-corrected chi connectivity index (χ3v) is 1.28. The van der Waals surface area contributed by atoms with E-state index in [1.165, 1.54) is 6.92 Å². The summed E-state index contributed by atoms with van der Waals surface area (Å²) in [7, 11) is 0. The molecule has 0 N–H and O–H groups in total. The maximum atomic E-state index is 11.1. The highest BCUT2D eigenvalue weighted by Gasteiger charge is 2.13. The number of Topliss-reactive ketones (excluding diaryl/α,β-unsaturated/α-hetero) is 1. The lowest BCUT2D eigenvalue weighted by Crippen LogP contribution is -2.32. The number of amides is 1. The van der Waals surface area contributed by atoms with E-state index in [2.05, 4.69) is 0 Å². The summed E-state index contributed by atoms with van der Waals surface area (Å²) in [6.45, 7) is 0.980. The largest absolute Gasteiger partial charge is 0.316 e. The molecule has 0 rings (SSSR count). The molecule has 0 atom stereocenters. The normalized spacial score (nSPS) is 8.23. The second kappa shape index (κ2) is 5.73. The Morgan fingerprint density at radius 2 is 1.69 bits per heavy atom. The van der Waals surface area contributed by atoms with Crippen molar-refractivity contribution in [1.29, 1.82) is 10.5 Å². The lowest BCUT2D eigenvalue weighted by atomic mass is 10.3.